The summed E-state index contributed by atoms with van der Waals surface area (Å²) < 4.78 is 37.4. The van der Waals surface area contributed by atoms with Gasteiger partial charge in [0.05, 0.1) is 59.5 Å². The van der Waals surface area contributed by atoms with Gasteiger partial charge in [0.25, 0.3) is 11.8 Å². The molecular weight excluding hydrogens is 1070 g/mol. The van der Waals surface area contributed by atoms with Gasteiger partial charge in [-0.3, -0.25) is 38.1 Å². The molecule has 2 aromatic heterocycles. The maximum Gasteiger partial charge on any atom is 0.269 e. The third-order valence-corrected chi connectivity index (χ3v) is 17.9. The van der Waals surface area contributed by atoms with Gasteiger partial charge in [-0.2, -0.15) is 10.2 Å². The number of carbonyl (C=O) groups is 6. The van der Waals surface area contributed by atoms with Gasteiger partial charge in [0.15, 0.2) is 19.7 Å². The highest BCUT2D eigenvalue weighted by atomic mass is 35.5. The molecule has 0 spiro atoms. The van der Waals surface area contributed by atoms with Crippen molar-refractivity contribution in [2.45, 2.75) is 97.9 Å². The van der Waals surface area contributed by atoms with Crippen LogP contribution in [-0.4, -0.2) is 117 Å². The average Bonchev–Trinajstić information content (AvgIpc) is 3.89. The second-order valence-corrected chi connectivity index (χ2v) is 25.1. The number of amides is 6. The number of halogens is 5. The number of nitrogens with two attached hydrogens (primary N) is 3. The highest BCUT2D eigenvalue weighted by Crippen LogP contribution is 2.37. The molecule has 9 N–H and O–H groups in total. The van der Waals surface area contributed by atoms with Gasteiger partial charge in [0.1, 0.15) is 24.7 Å². The van der Waals surface area contributed by atoms with Gasteiger partial charge in [0.2, 0.25) is 23.6 Å². The smallest absolute Gasteiger partial charge is 0.269 e. The van der Waals surface area contributed by atoms with Crippen LogP contribution in [0.3, 0.4) is 0 Å². The summed E-state index contributed by atoms with van der Waals surface area (Å²) in [7, 11) is -2.15. The van der Waals surface area contributed by atoms with Crippen molar-refractivity contribution in [2.75, 3.05) is 32.0 Å². The molecule has 4 aromatic carbocycles. The molecule has 0 saturated carbocycles. The highest BCUT2D eigenvalue weighted by Gasteiger charge is 2.38. The lowest BCUT2D eigenvalue weighted by Crippen LogP contribution is -2.50. The molecule has 76 heavy (non-hydrogen) atoms. The molecule has 19 nitrogen and oxygen atoms in total. The van der Waals surface area contributed by atoms with E-state index in [9.17, 15) is 42.7 Å². The number of aliphatic hydroxyl groups excluding tert-OH is 1. The van der Waals surface area contributed by atoms with Crippen molar-refractivity contribution in [2.24, 2.45) is 11.5 Å². The minimum Gasteiger partial charge on any atom is -0.415 e. The van der Waals surface area contributed by atoms with Crippen LogP contribution in [0, 0.1) is 18.6 Å². The van der Waals surface area contributed by atoms with E-state index < -0.39 is 80.6 Å². The number of aryl methyl sites for hydroxylation is 1. The van der Waals surface area contributed by atoms with E-state index in [1.54, 1.807) is 43.3 Å². The summed E-state index contributed by atoms with van der Waals surface area (Å²) in [4.78, 5) is 78.7. The van der Waals surface area contributed by atoms with Crippen LogP contribution in [0.2, 0.25) is 28.2 Å². The fourth-order valence-electron chi connectivity index (χ4n) is 7.43. The van der Waals surface area contributed by atoms with Crippen molar-refractivity contribution < 1.29 is 47.1 Å². The monoisotopic (exact) mass is 1130 g/mol. The molecule has 410 valence electrons. The van der Waals surface area contributed by atoms with Crippen molar-refractivity contribution in [3.8, 4) is 0 Å². The number of nitrogens with zero attached hydrogens (tertiary/aromatic N) is 6. The molecule has 6 rings (SSSR count). The van der Waals surface area contributed by atoms with Crippen LogP contribution in [-0.2, 0) is 49.8 Å². The zero-order chi connectivity index (χ0) is 55.7. The second kappa shape index (κ2) is 26.4. The SMILES string of the molecule is C[C@H](CO)N(CC(=O)NCc1cccc(Cl)c1F)C(=O)Cn1nc(C(N)=O)c2cc(N)ccc21.Cc1ccc2c(c1)c(C(N)=O)nn2CC(=O)N(CC(=O)NCc1cccc(Cl)c1F)[C@H](C)CO[Si](C)(C)C(C)(C)C.Cl. The highest BCUT2D eigenvalue weighted by molar-refractivity contribution is 6.74. The lowest BCUT2D eigenvalue weighted by molar-refractivity contribution is -0.139. The van der Waals surface area contributed by atoms with Crippen LogP contribution < -0.4 is 27.8 Å². The number of primary amides is 2. The minimum atomic E-state index is -2.15. The molecule has 0 unspecified atom stereocenters. The van der Waals surface area contributed by atoms with Gasteiger partial charge in [0, 0.05) is 40.7 Å². The van der Waals surface area contributed by atoms with Crippen LogP contribution in [0.5, 0.6) is 0 Å². The Morgan fingerprint density at radius 1 is 0.737 bits per heavy atom. The number of carbonyl (C=O) groups excluding carboxylic acids is 6. The Labute approximate surface area is 455 Å². The predicted octanol–water partition coefficient (Wildman–Crippen LogP) is 6.25. The number of nitrogens with one attached hydrogen (secondary N) is 2. The summed E-state index contributed by atoms with van der Waals surface area (Å²) in [5.41, 5.74) is 19.5. The molecule has 0 saturated heterocycles. The number of rotatable bonds is 20. The molecule has 2 atom stereocenters. The third kappa shape index (κ3) is 15.5. The van der Waals surface area contributed by atoms with Gasteiger partial charge < -0.3 is 47.2 Å². The summed E-state index contributed by atoms with van der Waals surface area (Å²) in [6, 6.07) is 17.9. The molecule has 0 aliphatic carbocycles. The van der Waals surface area contributed by atoms with E-state index in [-0.39, 0.29) is 89.3 Å². The van der Waals surface area contributed by atoms with Crippen molar-refractivity contribution in [1.29, 1.82) is 0 Å². The van der Waals surface area contributed by atoms with Crippen molar-refractivity contribution in [3.05, 3.63) is 123 Å². The van der Waals surface area contributed by atoms with E-state index in [0.29, 0.717) is 27.5 Å². The van der Waals surface area contributed by atoms with Crippen molar-refractivity contribution >= 4 is 107 Å². The Morgan fingerprint density at radius 3 is 1.61 bits per heavy atom. The third-order valence-electron chi connectivity index (χ3n) is 12.8. The van der Waals surface area contributed by atoms with E-state index in [1.807, 2.05) is 19.9 Å². The van der Waals surface area contributed by atoms with E-state index in [1.165, 1.54) is 49.5 Å². The Balaban J connectivity index is 0.000000330. The summed E-state index contributed by atoms with van der Waals surface area (Å²) in [5.74, 6) is -4.71. The molecular formula is C51H64Cl3F2N11O8Si. The van der Waals surface area contributed by atoms with Gasteiger partial charge in [-0.1, -0.05) is 79.9 Å². The summed E-state index contributed by atoms with van der Waals surface area (Å²) in [6.07, 6.45) is 0. The first-order valence-corrected chi connectivity index (χ1v) is 27.4. The zero-order valence-electron chi connectivity index (χ0n) is 43.4. The number of fused-ring (bicyclic) bond motifs is 2. The van der Waals surface area contributed by atoms with Gasteiger partial charge in [-0.15, -0.1) is 12.4 Å². The second-order valence-electron chi connectivity index (χ2n) is 19.5. The lowest BCUT2D eigenvalue weighted by Gasteiger charge is -2.38. The summed E-state index contributed by atoms with van der Waals surface area (Å²) in [5, 5.41) is 24.1. The van der Waals surface area contributed by atoms with Gasteiger partial charge in [-0.25, -0.2) is 8.78 Å². The molecule has 0 radical (unpaired) electrons. The van der Waals surface area contributed by atoms with Crippen LogP contribution in [0.4, 0.5) is 14.5 Å². The first-order chi connectivity index (χ1) is 35.1. The van der Waals surface area contributed by atoms with Crippen LogP contribution >= 0.6 is 35.6 Å². The van der Waals surface area contributed by atoms with Crippen molar-refractivity contribution in [1.82, 2.24) is 40.0 Å². The van der Waals surface area contributed by atoms with Gasteiger partial charge >= 0.3 is 0 Å². The maximum atomic E-state index is 14.3. The molecule has 0 fully saturated rings. The Bertz CT molecular complexity index is 3110. The molecule has 6 amide bonds. The number of aromatic nitrogens is 4. The normalized spacial score (nSPS) is 12.2. The van der Waals surface area contributed by atoms with Crippen molar-refractivity contribution in [3.63, 3.8) is 0 Å². The topological polar surface area (TPSA) is 276 Å². The number of aliphatic hydroxyl groups is 1. The van der Waals surface area contributed by atoms with E-state index >= 15 is 0 Å². The first-order valence-electron chi connectivity index (χ1n) is 23.7. The quantitative estimate of drug-likeness (QED) is 0.0367. The minimum absolute atomic E-state index is 0. The van der Waals surface area contributed by atoms with Crippen LogP contribution in [0.25, 0.3) is 21.8 Å². The fourth-order valence-corrected chi connectivity index (χ4v) is 8.90. The maximum absolute atomic E-state index is 14.3. The molecule has 0 aliphatic heterocycles. The molecule has 2 heterocycles. The van der Waals surface area contributed by atoms with Crippen LogP contribution in [0.15, 0.2) is 72.8 Å². The number of hydrogen-bond donors (Lipinski definition) is 6. The molecule has 0 aliphatic rings. The standard InChI is InChI=1S/C29H39ClFN5O4Si.C22H24ClFN6O4.ClH/c1-18-11-12-23-21(13-18)27(28(32)39)34-36(23)16-25(38)35(19(2)17-40-41(6,7)29(3,4)5)15-24(37)33-14-20-9-8-10-22(30)26(20)31;1-12(11-31)29(9-18(32)27-8-13-3-2-4-16(23)20(13)24)19(33)10-30-17-6-5-14(25)7-15(17)21(28-30)22(26)34;/h8-13,19H,14-17H2,1-7H3,(H2,32,39)(H,33,37);2-7,12,31H,8-11,25H2,1H3,(H2,26,34)(H,27,32);1H/t19-;12-;/m11./s1. The number of hydrogen-bond acceptors (Lipinski definition) is 11. The van der Waals surface area contributed by atoms with E-state index in [4.69, 9.17) is 44.8 Å². The Hall–Kier alpha value is -6.69. The largest absolute Gasteiger partial charge is 0.415 e. The average molecular weight is 1130 g/mol. The zero-order valence-corrected chi connectivity index (χ0v) is 46.7. The Morgan fingerprint density at radius 2 is 1.17 bits per heavy atom. The fraction of sp³-hybridized carbons (Fsp3) is 0.373. The predicted molar refractivity (Wildman–Crippen MR) is 292 cm³/mol. The Kier molecular flexibility index (Phi) is 21.5. The van der Waals surface area contributed by atoms with E-state index in [0.717, 1.165) is 5.56 Å². The lowest BCUT2D eigenvalue weighted by atomic mass is 10.1. The molecule has 6 aromatic rings. The first kappa shape index (κ1) is 61.9. The number of benzene rings is 4. The number of nitrogen functional groups attached to an aromatic ring is 1. The summed E-state index contributed by atoms with van der Waals surface area (Å²) >= 11 is 11.6. The van der Waals surface area contributed by atoms with E-state index in [2.05, 4.69) is 54.7 Å². The molecule has 25 heteroatoms. The summed E-state index contributed by atoms with van der Waals surface area (Å²) in [6.45, 7) is 14.2. The molecule has 0 bridgehead atoms. The van der Waals surface area contributed by atoms with Crippen LogP contribution in [0.1, 0.15) is 72.3 Å². The number of anilines is 1. The van der Waals surface area contributed by atoms with Gasteiger partial charge in [-0.05, 0) is 81.4 Å².